The maximum Gasteiger partial charge on any atom is 0.225 e. The highest BCUT2D eigenvalue weighted by molar-refractivity contribution is 6.03. The van der Waals surface area contributed by atoms with Crippen LogP contribution in [0.3, 0.4) is 0 Å². The van der Waals surface area contributed by atoms with Gasteiger partial charge < -0.3 is 15.4 Å². The molecule has 1 aromatic rings. The monoisotopic (exact) mass is 304 g/mol. The van der Waals surface area contributed by atoms with Gasteiger partial charge >= 0.3 is 0 Å². The molecule has 0 aliphatic carbocycles. The smallest absolute Gasteiger partial charge is 0.225 e. The minimum atomic E-state index is -0.0758. The van der Waals surface area contributed by atoms with Crippen molar-refractivity contribution in [1.82, 2.24) is 5.32 Å². The molecule has 1 aliphatic rings. The van der Waals surface area contributed by atoms with Crippen molar-refractivity contribution in [2.24, 2.45) is 5.92 Å². The molecule has 0 bridgehead atoms. The van der Waals surface area contributed by atoms with E-state index in [1.165, 1.54) is 6.92 Å². The van der Waals surface area contributed by atoms with Gasteiger partial charge in [-0.2, -0.15) is 0 Å². The molecule has 0 saturated carbocycles. The van der Waals surface area contributed by atoms with Crippen molar-refractivity contribution in [1.29, 1.82) is 0 Å². The van der Waals surface area contributed by atoms with E-state index in [9.17, 15) is 9.59 Å². The Morgan fingerprint density at radius 1 is 1.23 bits per heavy atom. The van der Waals surface area contributed by atoms with Crippen LogP contribution in [-0.4, -0.2) is 38.0 Å². The quantitative estimate of drug-likeness (QED) is 0.599. The predicted octanol–water partition coefficient (Wildman–Crippen LogP) is 2.23. The van der Waals surface area contributed by atoms with Crippen LogP contribution in [0, 0.1) is 5.92 Å². The van der Waals surface area contributed by atoms with Gasteiger partial charge in [0.25, 0.3) is 0 Å². The van der Waals surface area contributed by atoms with E-state index in [-0.39, 0.29) is 11.7 Å². The van der Waals surface area contributed by atoms with E-state index in [1.807, 2.05) is 6.07 Å². The summed E-state index contributed by atoms with van der Waals surface area (Å²) in [6.45, 7) is 4.76. The van der Waals surface area contributed by atoms with Crippen LogP contribution in [0.1, 0.15) is 36.5 Å². The number of ketones is 1. The molecule has 120 valence electrons. The van der Waals surface area contributed by atoms with E-state index in [4.69, 9.17) is 4.74 Å². The Morgan fingerprint density at radius 3 is 2.68 bits per heavy atom. The van der Waals surface area contributed by atoms with Crippen molar-refractivity contribution in [2.75, 3.05) is 31.6 Å². The molecule has 1 saturated heterocycles. The average molecular weight is 304 g/mol. The summed E-state index contributed by atoms with van der Waals surface area (Å²) in [6, 6.07) is 7.08. The van der Waals surface area contributed by atoms with Crippen LogP contribution < -0.4 is 10.6 Å². The lowest BCUT2D eigenvalue weighted by molar-refractivity contribution is -0.116. The maximum atomic E-state index is 12.0. The molecule has 0 atom stereocenters. The molecule has 2 N–H and O–H groups in total. The Hall–Kier alpha value is -1.72. The number of ether oxygens (including phenoxy) is 1. The van der Waals surface area contributed by atoms with Gasteiger partial charge in [-0.3, -0.25) is 9.59 Å². The van der Waals surface area contributed by atoms with E-state index >= 15 is 0 Å². The van der Waals surface area contributed by atoms with E-state index in [2.05, 4.69) is 10.6 Å². The molecule has 5 nitrogen and oxygen atoms in total. The van der Waals surface area contributed by atoms with Crippen molar-refractivity contribution < 1.29 is 14.3 Å². The first-order valence-corrected chi connectivity index (χ1v) is 7.85. The second-order valence-electron chi connectivity index (χ2n) is 5.66. The zero-order valence-electron chi connectivity index (χ0n) is 13.1. The number of nitrogens with one attached hydrogen (secondary N) is 2. The zero-order valence-corrected chi connectivity index (χ0v) is 13.1. The number of hydrogen-bond donors (Lipinski definition) is 2. The lowest BCUT2D eigenvalue weighted by Crippen LogP contribution is -2.30. The maximum absolute atomic E-state index is 12.0. The van der Waals surface area contributed by atoms with E-state index in [0.717, 1.165) is 32.6 Å². The number of benzene rings is 1. The fourth-order valence-electron chi connectivity index (χ4n) is 2.57. The summed E-state index contributed by atoms with van der Waals surface area (Å²) in [4.78, 5) is 23.5. The van der Waals surface area contributed by atoms with Crippen LogP contribution in [0.2, 0.25) is 0 Å². The molecule has 1 aromatic carbocycles. The molecule has 2 rings (SSSR count). The van der Waals surface area contributed by atoms with Gasteiger partial charge in [0, 0.05) is 31.7 Å². The van der Waals surface area contributed by atoms with Gasteiger partial charge in [-0.15, -0.1) is 0 Å². The molecule has 1 fully saturated rings. The lowest BCUT2D eigenvalue weighted by Gasteiger charge is -2.22. The van der Waals surface area contributed by atoms with Crippen LogP contribution in [0.15, 0.2) is 24.3 Å². The van der Waals surface area contributed by atoms with Gasteiger partial charge in [0.1, 0.15) is 0 Å². The van der Waals surface area contributed by atoms with Crippen molar-refractivity contribution in [3.05, 3.63) is 29.8 Å². The van der Waals surface area contributed by atoms with E-state index in [1.54, 1.807) is 18.2 Å². The first-order valence-electron chi connectivity index (χ1n) is 7.85. The lowest BCUT2D eigenvalue weighted by atomic mass is 10.0. The summed E-state index contributed by atoms with van der Waals surface area (Å²) in [5.41, 5.74) is 1.13. The second-order valence-corrected chi connectivity index (χ2v) is 5.66. The van der Waals surface area contributed by atoms with Gasteiger partial charge in [0.15, 0.2) is 5.78 Å². The molecule has 0 aromatic heterocycles. The number of para-hydroxylation sites is 1. The number of amides is 1. The molecular weight excluding hydrogens is 280 g/mol. The SMILES string of the molecule is CC(=O)c1ccccc1NC(=O)CCNCC1CCOCC1. The molecule has 0 unspecified atom stereocenters. The van der Waals surface area contributed by atoms with E-state index < -0.39 is 0 Å². The number of carbonyl (C=O) groups excluding carboxylic acids is 2. The van der Waals surface area contributed by atoms with Gasteiger partial charge in [-0.25, -0.2) is 0 Å². The first-order chi connectivity index (χ1) is 10.7. The Kier molecular flexibility index (Phi) is 6.55. The molecule has 1 amide bonds. The molecule has 5 heteroatoms. The average Bonchev–Trinajstić information content (AvgIpc) is 2.53. The van der Waals surface area contributed by atoms with Gasteiger partial charge in [-0.1, -0.05) is 12.1 Å². The number of rotatable bonds is 7. The fourth-order valence-corrected chi connectivity index (χ4v) is 2.57. The van der Waals surface area contributed by atoms with Crippen molar-refractivity contribution >= 4 is 17.4 Å². The first kappa shape index (κ1) is 16.6. The minimum absolute atomic E-state index is 0.0476. The summed E-state index contributed by atoms with van der Waals surface area (Å²) < 4.78 is 5.32. The topological polar surface area (TPSA) is 67.4 Å². The highest BCUT2D eigenvalue weighted by Crippen LogP contribution is 2.16. The molecular formula is C17H24N2O3. The molecule has 1 aliphatic heterocycles. The number of hydrogen-bond acceptors (Lipinski definition) is 4. The van der Waals surface area contributed by atoms with Gasteiger partial charge in [-0.05, 0) is 44.4 Å². The molecule has 22 heavy (non-hydrogen) atoms. The predicted molar refractivity (Wildman–Crippen MR) is 86.1 cm³/mol. The van der Waals surface area contributed by atoms with Gasteiger partial charge in [0.2, 0.25) is 5.91 Å². The van der Waals surface area contributed by atoms with Crippen molar-refractivity contribution in [2.45, 2.75) is 26.2 Å². The Bertz CT molecular complexity index is 510. The third-order valence-electron chi connectivity index (χ3n) is 3.88. The Balaban J connectivity index is 1.70. The van der Waals surface area contributed by atoms with E-state index in [0.29, 0.717) is 30.1 Å². The summed E-state index contributed by atoms with van der Waals surface area (Å²) in [7, 11) is 0. The summed E-state index contributed by atoms with van der Waals surface area (Å²) in [6.07, 6.45) is 2.58. The van der Waals surface area contributed by atoms with Crippen LogP contribution in [0.4, 0.5) is 5.69 Å². The third kappa shape index (κ3) is 5.24. The molecule has 0 spiro atoms. The largest absolute Gasteiger partial charge is 0.381 e. The Morgan fingerprint density at radius 2 is 1.95 bits per heavy atom. The van der Waals surface area contributed by atoms with Gasteiger partial charge in [0.05, 0.1) is 5.69 Å². The van der Waals surface area contributed by atoms with Crippen LogP contribution >= 0.6 is 0 Å². The molecule has 0 radical (unpaired) electrons. The van der Waals surface area contributed by atoms with Crippen LogP contribution in [0.5, 0.6) is 0 Å². The standard InChI is InChI=1S/C17H24N2O3/c1-13(20)15-4-2-3-5-16(15)19-17(21)6-9-18-12-14-7-10-22-11-8-14/h2-5,14,18H,6-12H2,1H3,(H,19,21). The highest BCUT2D eigenvalue weighted by Gasteiger charge is 2.13. The van der Waals surface area contributed by atoms with Crippen LogP contribution in [-0.2, 0) is 9.53 Å². The highest BCUT2D eigenvalue weighted by atomic mass is 16.5. The van der Waals surface area contributed by atoms with Crippen LogP contribution in [0.25, 0.3) is 0 Å². The minimum Gasteiger partial charge on any atom is -0.381 e. The number of Topliss-reactive ketones (excluding diaryl/α,β-unsaturated/α-hetero) is 1. The summed E-state index contributed by atoms with van der Waals surface area (Å²) >= 11 is 0. The second kappa shape index (κ2) is 8.66. The summed E-state index contributed by atoms with van der Waals surface area (Å²) in [5.74, 6) is 0.525. The summed E-state index contributed by atoms with van der Waals surface area (Å²) in [5, 5.41) is 6.14. The zero-order chi connectivity index (χ0) is 15.8. The third-order valence-corrected chi connectivity index (χ3v) is 3.88. The van der Waals surface area contributed by atoms with Crippen molar-refractivity contribution in [3.63, 3.8) is 0 Å². The van der Waals surface area contributed by atoms with Crippen molar-refractivity contribution in [3.8, 4) is 0 Å². The number of anilines is 1. The molecule has 1 heterocycles. The number of carbonyl (C=O) groups is 2. The Labute approximate surface area is 131 Å². The fraction of sp³-hybridized carbons (Fsp3) is 0.529. The normalized spacial score (nSPS) is 15.5.